The number of halogens is 3. The summed E-state index contributed by atoms with van der Waals surface area (Å²) >= 11 is 4.77. The van der Waals surface area contributed by atoms with E-state index in [4.69, 9.17) is 0 Å². The van der Waals surface area contributed by atoms with E-state index in [-0.39, 0.29) is 11.6 Å². The van der Waals surface area contributed by atoms with Crippen LogP contribution in [0.2, 0.25) is 0 Å². The molecule has 0 aliphatic heterocycles. The van der Waals surface area contributed by atoms with Crippen molar-refractivity contribution in [3.05, 3.63) is 33.8 Å². The molecule has 0 heterocycles. The molecule has 1 N–H and O–H groups in total. The molecule has 1 aromatic carbocycles. The second kappa shape index (κ2) is 8.12. The molecule has 0 aliphatic carbocycles. The van der Waals surface area contributed by atoms with Crippen molar-refractivity contribution >= 4 is 27.7 Å². The van der Waals surface area contributed by atoms with Crippen LogP contribution in [0, 0.1) is 11.6 Å². The lowest BCUT2D eigenvalue weighted by molar-refractivity contribution is 0.501. The van der Waals surface area contributed by atoms with E-state index in [2.05, 4.69) is 28.2 Å². The fourth-order valence-electron chi connectivity index (χ4n) is 1.74. The molecule has 0 amide bonds. The van der Waals surface area contributed by atoms with Gasteiger partial charge in [-0.1, -0.05) is 6.92 Å². The molecule has 102 valence electrons. The quantitative estimate of drug-likeness (QED) is 0.754. The summed E-state index contributed by atoms with van der Waals surface area (Å²) in [6.07, 6.45) is 3.38. The van der Waals surface area contributed by atoms with Gasteiger partial charge in [0.25, 0.3) is 0 Å². The van der Waals surface area contributed by atoms with Crippen molar-refractivity contribution in [2.24, 2.45) is 0 Å². The fraction of sp³-hybridized carbons (Fsp3) is 0.538. The molecular formula is C13H18BrF2NS. The number of benzene rings is 1. The molecule has 0 saturated carbocycles. The standard InChI is InChI=1S/C13H18BrF2NS/c1-3-6-17-9(8-18-2)7-10-12(15)5-4-11(14)13(10)16/h4-5,9,17H,3,6-8H2,1-2H3. The zero-order valence-corrected chi connectivity index (χ0v) is 13.0. The summed E-state index contributed by atoms with van der Waals surface area (Å²) in [4.78, 5) is 0. The van der Waals surface area contributed by atoms with Crippen molar-refractivity contribution in [3.63, 3.8) is 0 Å². The van der Waals surface area contributed by atoms with Gasteiger partial charge < -0.3 is 5.32 Å². The Hall–Kier alpha value is -0.130. The van der Waals surface area contributed by atoms with Crippen LogP contribution < -0.4 is 5.32 Å². The summed E-state index contributed by atoms with van der Waals surface area (Å²) in [6.45, 7) is 2.94. The van der Waals surface area contributed by atoms with Crippen LogP contribution in [0.25, 0.3) is 0 Å². The second-order valence-electron chi connectivity index (χ2n) is 4.13. The lowest BCUT2D eigenvalue weighted by Crippen LogP contribution is -2.34. The summed E-state index contributed by atoms with van der Waals surface area (Å²) in [7, 11) is 0. The van der Waals surface area contributed by atoms with E-state index >= 15 is 0 Å². The van der Waals surface area contributed by atoms with Crippen LogP contribution in [-0.4, -0.2) is 24.6 Å². The Morgan fingerprint density at radius 2 is 2.11 bits per heavy atom. The van der Waals surface area contributed by atoms with Crippen LogP contribution in [0.5, 0.6) is 0 Å². The number of hydrogen-bond donors (Lipinski definition) is 1. The van der Waals surface area contributed by atoms with Gasteiger partial charge in [-0.25, -0.2) is 8.78 Å². The molecule has 1 nitrogen and oxygen atoms in total. The van der Waals surface area contributed by atoms with Gasteiger partial charge >= 0.3 is 0 Å². The summed E-state index contributed by atoms with van der Waals surface area (Å²) in [5.41, 5.74) is 0.159. The molecule has 1 aromatic rings. The Kier molecular flexibility index (Phi) is 7.19. The molecule has 0 bridgehead atoms. The average Bonchev–Trinajstić information content (AvgIpc) is 2.36. The molecule has 0 spiro atoms. The maximum absolute atomic E-state index is 13.9. The van der Waals surface area contributed by atoms with Crippen molar-refractivity contribution in [1.29, 1.82) is 0 Å². The van der Waals surface area contributed by atoms with E-state index in [0.29, 0.717) is 10.9 Å². The first kappa shape index (κ1) is 15.9. The molecule has 0 radical (unpaired) electrons. The third-order valence-electron chi connectivity index (χ3n) is 2.64. The number of hydrogen-bond acceptors (Lipinski definition) is 2. The largest absolute Gasteiger partial charge is 0.313 e. The van der Waals surface area contributed by atoms with E-state index in [1.807, 2.05) is 6.26 Å². The minimum atomic E-state index is -0.487. The van der Waals surface area contributed by atoms with E-state index < -0.39 is 11.6 Å². The summed E-state index contributed by atoms with van der Waals surface area (Å²) in [5, 5.41) is 3.32. The third-order valence-corrected chi connectivity index (χ3v) is 3.99. The average molecular weight is 338 g/mol. The van der Waals surface area contributed by atoms with Crippen molar-refractivity contribution in [2.45, 2.75) is 25.8 Å². The van der Waals surface area contributed by atoms with Gasteiger partial charge in [0.2, 0.25) is 0 Å². The molecule has 5 heteroatoms. The lowest BCUT2D eigenvalue weighted by Gasteiger charge is -2.18. The first-order chi connectivity index (χ1) is 8.60. The van der Waals surface area contributed by atoms with Crippen LogP contribution in [0.1, 0.15) is 18.9 Å². The Morgan fingerprint density at radius 3 is 2.72 bits per heavy atom. The molecule has 18 heavy (non-hydrogen) atoms. The van der Waals surface area contributed by atoms with Gasteiger partial charge in [0.1, 0.15) is 11.6 Å². The smallest absolute Gasteiger partial charge is 0.143 e. The fourth-order valence-corrected chi connectivity index (χ4v) is 2.75. The predicted molar refractivity (Wildman–Crippen MR) is 78.2 cm³/mol. The van der Waals surface area contributed by atoms with Crippen molar-refractivity contribution in [1.82, 2.24) is 5.32 Å². The predicted octanol–water partition coefficient (Wildman–Crippen LogP) is 4.00. The van der Waals surface area contributed by atoms with Crippen LogP contribution in [0.4, 0.5) is 8.78 Å². The third kappa shape index (κ3) is 4.52. The molecule has 0 fully saturated rings. The SMILES string of the molecule is CCCNC(CSC)Cc1c(F)ccc(Br)c1F. The maximum atomic E-state index is 13.9. The number of nitrogens with one attached hydrogen (secondary N) is 1. The summed E-state index contributed by atoms with van der Waals surface area (Å²) in [6, 6.07) is 2.80. The van der Waals surface area contributed by atoms with Gasteiger partial charge in [-0.3, -0.25) is 0 Å². The normalized spacial score (nSPS) is 12.7. The van der Waals surface area contributed by atoms with Crippen LogP contribution >= 0.6 is 27.7 Å². The van der Waals surface area contributed by atoms with Crippen molar-refractivity contribution < 1.29 is 8.78 Å². The molecule has 1 rings (SSSR count). The van der Waals surface area contributed by atoms with Gasteiger partial charge in [0.05, 0.1) is 4.47 Å². The van der Waals surface area contributed by atoms with Crippen LogP contribution in [0.15, 0.2) is 16.6 Å². The van der Waals surface area contributed by atoms with Gasteiger partial charge in [-0.2, -0.15) is 11.8 Å². The van der Waals surface area contributed by atoms with Gasteiger partial charge in [0.15, 0.2) is 0 Å². The van der Waals surface area contributed by atoms with Crippen LogP contribution in [-0.2, 0) is 6.42 Å². The molecular weight excluding hydrogens is 320 g/mol. The van der Waals surface area contributed by atoms with E-state index in [0.717, 1.165) is 18.7 Å². The van der Waals surface area contributed by atoms with Gasteiger partial charge in [-0.05, 0) is 53.7 Å². The van der Waals surface area contributed by atoms with Crippen molar-refractivity contribution in [3.8, 4) is 0 Å². The Morgan fingerprint density at radius 1 is 1.39 bits per heavy atom. The lowest BCUT2D eigenvalue weighted by atomic mass is 10.1. The highest BCUT2D eigenvalue weighted by Gasteiger charge is 2.17. The molecule has 1 unspecified atom stereocenters. The molecule has 1 atom stereocenters. The van der Waals surface area contributed by atoms with Crippen molar-refractivity contribution in [2.75, 3.05) is 18.6 Å². The number of rotatable bonds is 7. The first-order valence-electron chi connectivity index (χ1n) is 5.94. The van der Waals surface area contributed by atoms with E-state index in [1.165, 1.54) is 12.1 Å². The summed E-state index contributed by atoms with van der Waals surface area (Å²) in [5.74, 6) is -0.120. The molecule has 0 aromatic heterocycles. The second-order valence-corrected chi connectivity index (χ2v) is 5.90. The minimum absolute atomic E-state index is 0.0956. The first-order valence-corrected chi connectivity index (χ1v) is 8.13. The zero-order valence-electron chi connectivity index (χ0n) is 10.6. The highest BCUT2D eigenvalue weighted by molar-refractivity contribution is 9.10. The maximum Gasteiger partial charge on any atom is 0.143 e. The number of thioether (sulfide) groups is 1. The summed E-state index contributed by atoms with van der Waals surface area (Å²) < 4.78 is 27.8. The minimum Gasteiger partial charge on any atom is -0.313 e. The molecule has 0 aliphatic rings. The van der Waals surface area contributed by atoms with E-state index in [1.54, 1.807) is 11.8 Å². The van der Waals surface area contributed by atoms with E-state index in [9.17, 15) is 8.78 Å². The highest BCUT2D eigenvalue weighted by Crippen LogP contribution is 2.23. The zero-order chi connectivity index (χ0) is 13.5. The van der Waals surface area contributed by atoms with Gasteiger partial charge in [0, 0.05) is 17.4 Å². The Labute approximate surface area is 120 Å². The Balaban J connectivity index is 2.82. The van der Waals surface area contributed by atoms with Gasteiger partial charge in [-0.15, -0.1) is 0 Å². The monoisotopic (exact) mass is 337 g/mol. The Bertz CT molecular complexity index is 387. The van der Waals surface area contributed by atoms with Crippen LogP contribution in [0.3, 0.4) is 0 Å². The topological polar surface area (TPSA) is 12.0 Å². The molecule has 0 saturated heterocycles. The highest BCUT2D eigenvalue weighted by atomic mass is 79.9.